The zero-order valence-electron chi connectivity index (χ0n) is 21.1. The van der Waals surface area contributed by atoms with Gasteiger partial charge in [0.25, 0.3) is 0 Å². The third-order valence-electron chi connectivity index (χ3n) is 5.26. The summed E-state index contributed by atoms with van der Waals surface area (Å²) in [5.41, 5.74) is 1.64. The predicted molar refractivity (Wildman–Crippen MR) is 140 cm³/mol. The number of aromatic nitrogens is 2. The van der Waals surface area contributed by atoms with Gasteiger partial charge in [0.2, 0.25) is 16.0 Å². The molecule has 202 valence electrons. The van der Waals surface area contributed by atoms with Crippen molar-refractivity contribution < 1.29 is 32.9 Å². The van der Waals surface area contributed by atoms with Crippen LogP contribution in [-0.2, 0) is 21.2 Å². The number of imidazole rings is 1. The molecule has 4 N–H and O–H groups in total. The van der Waals surface area contributed by atoms with Crippen LogP contribution >= 0.6 is 0 Å². The highest BCUT2D eigenvalue weighted by Gasteiger charge is 2.23. The third kappa shape index (κ3) is 10.3. The summed E-state index contributed by atoms with van der Waals surface area (Å²) in [7, 11) is -3.62. The van der Waals surface area contributed by atoms with Crippen LogP contribution in [0.15, 0.2) is 60.7 Å². The number of rotatable bonds is 11. The van der Waals surface area contributed by atoms with E-state index in [-0.39, 0.29) is 31.3 Å². The van der Waals surface area contributed by atoms with Crippen molar-refractivity contribution >= 4 is 21.9 Å². The van der Waals surface area contributed by atoms with Crippen molar-refractivity contribution in [2.24, 2.45) is 0 Å². The molecule has 0 saturated carbocycles. The van der Waals surface area contributed by atoms with Crippen LogP contribution in [-0.4, -0.2) is 57.7 Å². The molecule has 1 heterocycles. The molecule has 0 spiro atoms. The number of nitrogens with zero attached hydrogens (tertiary/aromatic N) is 2. The van der Waals surface area contributed by atoms with Crippen LogP contribution in [0.2, 0.25) is 0 Å². The Morgan fingerprint density at radius 1 is 1.03 bits per heavy atom. The number of anilines is 1. The van der Waals surface area contributed by atoms with Gasteiger partial charge in [0.15, 0.2) is 0 Å². The van der Waals surface area contributed by atoms with E-state index in [0.717, 1.165) is 6.26 Å². The molecule has 37 heavy (non-hydrogen) atoms. The maximum absolute atomic E-state index is 13.4. The van der Waals surface area contributed by atoms with Crippen LogP contribution in [0.3, 0.4) is 0 Å². The molecule has 2 aromatic carbocycles. The minimum absolute atomic E-state index is 0.104. The molecule has 0 aliphatic carbocycles. The van der Waals surface area contributed by atoms with E-state index in [1.807, 2.05) is 50.2 Å². The lowest BCUT2D eigenvalue weighted by atomic mass is 10.0. The summed E-state index contributed by atoms with van der Waals surface area (Å²) in [4.78, 5) is 15.1. The number of hydrogen-bond acceptors (Lipinski definition) is 6. The monoisotopic (exact) mass is 535 g/mol. The Kier molecular flexibility index (Phi) is 11.2. The first-order valence-corrected chi connectivity index (χ1v) is 13.7. The number of carbonyl (C=O) groups is 1. The molecule has 1 aromatic heterocycles. The summed E-state index contributed by atoms with van der Waals surface area (Å²) >= 11 is 0. The van der Waals surface area contributed by atoms with E-state index in [1.165, 1.54) is 24.3 Å². The molecule has 0 radical (unpaired) electrons. The Labute approximate surface area is 216 Å². The molecule has 0 aliphatic rings. The maximum atomic E-state index is 13.4. The van der Waals surface area contributed by atoms with Crippen molar-refractivity contribution in [3.63, 3.8) is 0 Å². The Hall–Kier alpha value is -3.28. The van der Waals surface area contributed by atoms with Gasteiger partial charge in [0.1, 0.15) is 5.82 Å². The van der Waals surface area contributed by atoms with Gasteiger partial charge in [0, 0.05) is 17.3 Å². The summed E-state index contributed by atoms with van der Waals surface area (Å²) in [5, 5.41) is 28.8. The lowest BCUT2D eigenvalue weighted by Gasteiger charge is -2.18. The fraction of sp³-hybridized carbons (Fsp3) is 0.385. The lowest BCUT2D eigenvalue weighted by molar-refractivity contribution is -0.139. The van der Waals surface area contributed by atoms with Gasteiger partial charge >= 0.3 is 5.97 Å². The molecule has 9 nitrogen and oxygen atoms in total. The van der Waals surface area contributed by atoms with Crippen LogP contribution in [0.4, 0.5) is 10.3 Å². The Bertz CT molecular complexity index is 1200. The molecule has 2 atom stereocenters. The molecule has 11 heteroatoms. The number of carboxylic acids is 1. The van der Waals surface area contributed by atoms with E-state index in [0.29, 0.717) is 17.0 Å². The van der Waals surface area contributed by atoms with Crippen LogP contribution < -0.4 is 4.72 Å². The fourth-order valence-corrected chi connectivity index (χ4v) is 4.22. The van der Waals surface area contributed by atoms with Crippen LogP contribution in [0.25, 0.3) is 11.3 Å². The molecule has 3 rings (SSSR count). The summed E-state index contributed by atoms with van der Waals surface area (Å²) in [6.45, 7) is 3.69. The molecule has 2 unspecified atom stereocenters. The standard InChI is InChI=1S/C20H28FN3O6S.C6H6/c1-12(2)24-17(9-8-15(25)10-16(26)11-18(27)28)19(13-4-6-14(21)7-5-13)22-20(24)23-31(3,29)30;1-2-4-6-5-3-1/h4-7,12,15-16,25-26H,8-11H2,1-3H3,(H,22,23)(H,27,28);1-6H. The number of carboxylic acid groups (broad SMARTS) is 1. The molecular weight excluding hydrogens is 501 g/mol. The number of hydrogen-bond donors (Lipinski definition) is 4. The number of halogens is 1. The zero-order valence-corrected chi connectivity index (χ0v) is 21.9. The van der Waals surface area contributed by atoms with Crippen molar-refractivity contribution in [2.45, 2.75) is 57.8 Å². The summed E-state index contributed by atoms with van der Waals surface area (Å²) in [5.74, 6) is -1.48. The van der Waals surface area contributed by atoms with E-state index in [2.05, 4.69) is 9.71 Å². The quantitative estimate of drug-likeness (QED) is 0.292. The van der Waals surface area contributed by atoms with Gasteiger partial charge in [-0.1, -0.05) is 36.4 Å². The predicted octanol–water partition coefficient (Wildman–Crippen LogP) is 3.85. The van der Waals surface area contributed by atoms with Gasteiger partial charge in [-0.05, 0) is 57.4 Å². The second kappa shape index (κ2) is 13.9. The molecule has 0 fully saturated rings. The second-order valence-electron chi connectivity index (χ2n) is 8.91. The fourth-order valence-electron chi connectivity index (χ4n) is 3.74. The lowest BCUT2D eigenvalue weighted by Crippen LogP contribution is -2.22. The number of aliphatic hydroxyl groups is 2. The summed E-state index contributed by atoms with van der Waals surface area (Å²) in [6.07, 6.45) is -1.27. The highest BCUT2D eigenvalue weighted by atomic mass is 32.2. The van der Waals surface area contributed by atoms with Gasteiger partial charge in [-0.25, -0.2) is 17.8 Å². The van der Waals surface area contributed by atoms with Gasteiger partial charge < -0.3 is 19.9 Å². The first-order valence-electron chi connectivity index (χ1n) is 11.8. The SMILES string of the molecule is CC(C)n1c(NS(C)(=O)=O)nc(-c2ccc(F)cc2)c1CCC(O)CC(O)CC(=O)O.c1ccccc1. The molecule has 3 aromatic rings. The largest absolute Gasteiger partial charge is 0.481 e. The van der Waals surface area contributed by atoms with Crippen LogP contribution in [0.1, 0.15) is 44.8 Å². The van der Waals surface area contributed by atoms with Gasteiger partial charge in [0.05, 0.1) is 30.6 Å². The number of sulfonamides is 1. The zero-order chi connectivity index (χ0) is 27.6. The number of benzene rings is 2. The van der Waals surface area contributed by atoms with Crippen LogP contribution in [0, 0.1) is 5.82 Å². The number of aliphatic hydroxyl groups excluding tert-OH is 2. The summed E-state index contributed by atoms with van der Waals surface area (Å²) in [6, 6.07) is 17.4. The number of nitrogens with one attached hydrogen (secondary N) is 1. The topological polar surface area (TPSA) is 142 Å². The average Bonchev–Trinajstić information content (AvgIpc) is 3.15. The van der Waals surface area contributed by atoms with E-state index in [1.54, 1.807) is 4.57 Å². The normalized spacial score (nSPS) is 12.9. The first kappa shape index (κ1) is 29.9. The smallest absolute Gasteiger partial charge is 0.305 e. The summed E-state index contributed by atoms with van der Waals surface area (Å²) < 4.78 is 41.1. The Balaban J connectivity index is 0.000000700. The Morgan fingerprint density at radius 3 is 2.03 bits per heavy atom. The highest BCUT2D eigenvalue weighted by molar-refractivity contribution is 7.92. The van der Waals surface area contributed by atoms with Crippen molar-refractivity contribution in [3.05, 3.63) is 72.2 Å². The molecule has 0 saturated heterocycles. The van der Waals surface area contributed by atoms with Crippen molar-refractivity contribution in [1.29, 1.82) is 0 Å². The van der Waals surface area contributed by atoms with E-state index >= 15 is 0 Å². The van der Waals surface area contributed by atoms with Gasteiger partial charge in [-0.2, -0.15) is 0 Å². The van der Waals surface area contributed by atoms with Crippen LogP contribution in [0.5, 0.6) is 0 Å². The average molecular weight is 536 g/mol. The molecule has 0 aliphatic heterocycles. The van der Waals surface area contributed by atoms with E-state index in [9.17, 15) is 27.8 Å². The van der Waals surface area contributed by atoms with Gasteiger partial charge in [-0.3, -0.25) is 9.52 Å². The number of aliphatic carboxylic acids is 1. The molecule has 0 amide bonds. The molecule has 0 bridgehead atoms. The minimum Gasteiger partial charge on any atom is -0.481 e. The highest BCUT2D eigenvalue weighted by Crippen LogP contribution is 2.31. The van der Waals surface area contributed by atoms with Gasteiger partial charge in [-0.15, -0.1) is 0 Å². The second-order valence-corrected chi connectivity index (χ2v) is 10.7. The van der Waals surface area contributed by atoms with Crippen molar-refractivity contribution in [1.82, 2.24) is 9.55 Å². The van der Waals surface area contributed by atoms with E-state index < -0.39 is 40.4 Å². The Morgan fingerprint density at radius 2 is 1.57 bits per heavy atom. The van der Waals surface area contributed by atoms with Crippen molar-refractivity contribution in [3.8, 4) is 11.3 Å². The molecular formula is C26H34FN3O6S. The first-order chi connectivity index (χ1) is 17.4. The van der Waals surface area contributed by atoms with E-state index in [4.69, 9.17) is 5.11 Å². The third-order valence-corrected chi connectivity index (χ3v) is 5.81. The maximum Gasteiger partial charge on any atom is 0.305 e. The van der Waals surface area contributed by atoms with Crippen molar-refractivity contribution in [2.75, 3.05) is 11.0 Å². The minimum atomic E-state index is -3.62.